The van der Waals surface area contributed by atoms with E-state index in [0.717, 1.165) is 0 Å². The minimum Gasteiger partial charge on any atom is -0.367 e. The molecule has 14 heavy (non-hydrogen) atoms. The van der Waals surface area contributed by atoms with Crippen molar-refractivity contribution < 1.29 is 4.79 Å². The number of carbonyl (C=O) groups is 1. The fraction of sp³-hybridized carbons (Fsp3) is 0.429. The van der Waals surface area contributed by atoms with Gasteiger partial charge in [0.15, 0.2) is 5.82 Å². The lowest BCUT2D eigenvalue weighted by Crippen LogP contribution is -2.27. The van der Waals surface area contributed by atoms with E-state index in [-0.39, 0.29) is 5.91 Å². The Morgan fingerprint density at radius 3 is 3.00 bits per heavy atom. The summed E-state index contributed by atoms with van der Waals surface area (Å²) in [5.41, 5.74) is -0.505. The molecule has 0 aliphatic carbocycles. The van der Waals surface area contributed by atoms with E-state index >= 15 is 0 Å². The number of amides is 1. The van der Waals surface area contributed by atoms with Gasteiger partial charge < -0.3 is 10.6 Å². The van der Waals surface area contributed by atoms with Gasteiger partial charge in [0.05, 0.1) is 6.20 Å². The quantitative estimate of drug-likeness (QED) is 0.522. The first-order chi connectivity index (χ1) is 6.68. The predicted molar refractivity (Wildman–Crippen MR) is 49.8 cm³/mol. The second kappa shape index (κ2) is 4.95. The molecule has 0 fully saturated rings. The number of aromatic amines is 1. The number of nitrogens with one attached hydrogen (secondary N) is 3. The molecule has 76 valence electrons. The zero-order chi connectivity index (χ0) is 10.4. The first-order valence-electron chi connectivity index (χ1n) is 4.08. The number of nitrogens with zero attached hydrogens (tertiary/aromatic N) is 2. The predicted octanol–water partition coefficient (Wildman–Crippen LogP) is -1.29. The normalized spacial score (nSPS) is 9.50. The molecule has 0 spiro atoms. The average Bonchev–Trinajstić information content (AvgIpc) is 2.12. The van der Waals surface area contributed by atoms with Crippen LogP contribution in [0.3, 0.4) is 0 Å². The number of carbonyl (C=O) groups excluding carboxylic acids is 1. The number of hydrogen-bond donors (Lipinski definition) is 3. The number of aromatic nitrogens is 3. The van der Waals surface area contributed by atoms with Crippen LogP contribution in [0.25, 0.3) is 0 Å². The van der Waals surface area contributed by atoms with Gasteiger partial charge >= 0.3 is 5.69 Å². The first kappa shape index (κ1) is 10.2. The van der Waals surface area contributed by atoms with Gasteiger partial charge in [-0.15, -0.1) is 0 Å². The first-order valence-corrected chi connectivity index (χ1v) is 4.08. The molecule has 0 radical (unpaired) electrons. The number of anilines is 1. The molecule has 7 nitrogen and oxygen atoms in total. The standard InChI is InChI=1S/C7H11N5O2/c1-5(13)8-2-3-9-6-4-10-12-7(14)11-6/h4H,2-3H2,1H3,(H,8,13)(H2,9,11,12,14). The molecule has 1 aromatic rings. The van der Waals surface area contributed by atoms with Crippen LogP contribution in [0.15, 0.2) is 11.0 Å². The minimum atomic E-state index is -0.505. The SMILES string of the molecule is CC(=O)NCCNc1cn[nH]c(=O)n1. The summed E-state index contributed by atoms with van der Waals surface area (Å²) in [4.78, 5) is 24.8. The van der Waals surface area contributed by atoms with Gasteiger partial charge in [-0.2, -0.15) is 10.1 Å². The van der Waals surface area contributed by atoms with Gasteiger partial charge in [0.2, 0.25) is 5.91 Å². The molecule has 1 amide bonds. The van der Waals surface area contributed by atoms with Crippen molar-refractivity contribution in [3.63, 3.8) is 0 Å². The van der Waals surface area contributed by atoms with Crippen molar-refractivity contribution in [3.8, 4) is 0 Å². The third-order valence-corrected chi connectivity index (χ3v) is 1.37. The van der Waals surface area contributed by atoms with Crippen molar-refractivity contribution in [1.29, 1.82) is 0 Å². The highest BCUT2D eigenvalue weighted by Gasteiger charge is 1.94. The molecule has 0 unspecified atom stereocenters. The van der Waals surface area contributed by atoms with Crippen molar-refractivity contribution in [2.45, 2.75) is 6.92 Å². The van der Waals surface area contributed by atoms with Gasteiger partial charge in [0.1, 0.15) is 0 Å². The second-order valence-electron chi connectivity index (χ2n) is 2.58. The number of H-pyrrole nitrogens is 1. The smallest absolute Gasteiger partial charge is 0.363 e. The Bertz CT molecular complexity index is 361. The van der Waals surface area contributed by atoms with Crippen molar-refractivity contribution in [1.82, 2.24) is 20.5 Å². The molecule has 0 atom stereocenters. The van der Waals surface area contributed by atoms with E-state index in [1.165, 1.54) is 13.1 Å². The maximum Gasteiger partial charge on any atom is 0.363 e. The Balaban J connectivity index is 2.31. The molecule has 0 aliphatic heterocycles. The summed E-state index contributed by atoms with van der Waals surface area (Å²) in [6, 6.07) is 0. The van der Waals surface area contributed by atoms with Crippen molar-refractivity contribution in [2.75, 3.05) is 18.4 Å². The van der Waals surface area contributed by atoms with E-state index in [4.69, 9.17) is 0 Å². The maximum absolute atomic E-state index is 10.7. The summed E-state index contributed by atoms with van der Waals surface area (Å²) < 4.78 is 0. The molecular weight excluding hydrogens is 186 g/mol. The van der Waals surface area contributed by atoms with Crippen LogP contribution in [0.5, 0.6) is 0 Å². The molecule has 7 heteroatoms. The van der Waals surface area contributed by atoms with Crippen LogP contribution < -0.4 is 16.3 Å². The fourth-order valence-electron chi connectivity index (χ4n) is 0.826. The Morgan fingerprint density at radius 2 is 2.36 bits per heavy atom. The van der Waals surface area contributed by atoms with Gasteiger partial charge in [-0.05, 0) is 0 Å². The molecule has 0 saturated heterocycles. The van der Waals surface area contributed by atoms with E-state index in [0.29, 0.717) is 18.9 Å². The fourth-order valence-corrected chi connectivity index (χ4v) is 0.826. The zero-order valence-electron chi connectivity index (χ0n) is 7.70. The highest BCUT2D eigenvalue weighted by Crippen LogP contribution is 1.90. The highest BCUT2D eigenvalue weighted by molar-refractivity contribution is 5.72. The largest absolute Gasteiger partial charge is 0.367 e. The summed E-state index contributed by atoms with van der Waals surface area (Å²) >= 11 is 0. The molecule has 1 heterocycles. The monoisotopic (exact) mass is 197 g/mol. The zero-order valence-corrected chi connectivity index (χ0v) is 7.70. The Hall–Kier alpha value is -1.92. The topological polar surface area (TPSA) is 99.8 Å². The van der Waals surface area contributed by atoms with Crippen LogP contribution in [0.4, 0.5) is 5.82 Å². The summed E-state index contributed by atoms with van der Waals surface area (Å²) in [5, 5.41) is 11.1. The van der Waals surface area contributed by atoms with Crippen LogP contribution in [-0.2, 0) is 4.79 Å². The third-order valence-electron chi connectivity index (χ3n) is 1.37. The number of rotatable bonds is 4. The van der Waals surface area contributed by atoms with E-state index in [2.05, 4.69) is 25.8 Å². The van der Waals surface area contributed by atoms with Crippen LogP contribution in [0, 0.1) is 0 Å². The molecule has 0 aliphatic rings. The summed E-state index contributed by atoms with van der Waals surface area (Å²) in [6.07, 6.45) is 1.40. The van der Waals surface area contributed by atoms with Crippen molar-refractivity contribution in [2.24, 2.45) is 0 Å². The third kappa shape index (κ3) is 3.65. The van der Waals surface area contributed by atoms with Crippen LogP contribution in [0.2, 0.25) is 0 Å². The van der Waals surface area contributed by atoms with E-state index in [9.17, 15) is 9.59 Å². The minimum absolute atomic E-state index is 0.0937. The van der Waals surface area contributed by atoms with Gasteiger partial charge in [0.25, 0.3) is 0 Å². The van der Waals surface area contributed by atoms with Crippen LogP contribution >= 0.6 is 0 Å². The van der Waals surface area contributed by atoms with Gasteiger partial charge in [-0.1, -0.05) is 0 Å². The second-order valence-corrected chi connectivity index (χ2v) is 2.58. The van der Waals surface area contributed by atoms with E-state index < -0.39 is 5.69 Å². The average molecular weight is 197 g/mol. The van der Waals surface area contributed by atoms with E-state index in [1.807, 2.05) is 0 Å². The van der Waals surface area contributed by atoms with Gasteiger partial charge in [-0.25, -0.2) is 9.89 Å². The summed E-state index contributed by atoms with van der Waals surface area (Å²) in [5.74, 6) is 0.294. The molecule has 3 N–H and O–H groups in total. The summed E-state index contributed by atoms with van der Waals surface area (Å²) in [7, 11) is 0. The Labute approximate surface area is 79.9 Å². The number of hydrogen-bond acceptors (Lipinski definition) is 5. The lowest BCUT2D eigenvalue weighted by Gasteiger charge is -2.03. The molecule has 0 saturated carbocycles. The Kier molecular flexibility index (Phi) is 3.59. The summed E-state index contributed by atoms with van der Waals surface area (Å²) in [6.45, 7) is 2.41. The molecule has 0 bridgehead atoms. The molecule has 1 aromatic heterocycles. The molecule has 1 rings (SSSR count). The maximum atomic E-state index is 10.7. The molecule has 0 aromatic carbocycles. The van der Waals surface area contributed by atoms with Gasteiger partial charge in [-0.3, -0.25) is 4.79 Å². The lowest BCUT2D eigenvalue weighted by atomic mass is 10.5. The van der Waals surface area contributed by atoms with Gasteiger partial charge in [0, 0.05) is 20.0 Å². The molecular formula is C7H11N5O2. The van der Waals surface area contributed by atoms with Crippen LogP contribution in [-0.4, -0.2) is 34.2 Å². The lowest BCUT2D eigenvalue weighted by molar-refractivity contribution is -0.118. The van der Waals surface area contributed by atoms with Crippen LogP contribution in [0.1, 0.15) is 6.92 Å². The van der Waals surface area contributed by atoms with Crippen molar-refractivity contribution >= 4 is 11.7 Å². The van der Waals surface area contributed by atoms with E-state index in [1.54, 1.807) is 0 Å². The Morgan fingerprint density at radius 1 is 1.57 bits per heavy atom. The van der Waals surface area contributed by atoms with Crippen molar-refractivity contribution in [3.05, 3.63) is 16.7 Å². The highest BCUT2D eigenvalue weighted by atomic mass is 16.1.